The van der Waals surface area contributed by atoms with Gasteiger partial charge in [0.2, 0.25) is 5.89 Å². The summed E-state index contributed by atoms with van der Waals surface area (Å²) in [6, 6.07) is 16.7. The number of rotatable bonds is 7. The van der Waals surface area contributed by atoms with Crippen molar-refractivity contribution in [3.63, 3.8) is 0 Å². The number of oxazole rings is 1. The minimum absolute atomic E-state index is 0.00202. The zero-order valence-electron chi connectivity index (χ0n) is 16.7. The van der Waals surface area contributed by atoms with Crippen LogP contribution in [0.1, 0.15) is 17.0 Å². The van der Waals surface area contributed by atoms with Gasteiger partial charge in [-0.2, -0.15) is 19.8 Å². The second kappa shape index (κ2) is 8.55. The number of aromatic nitrogens is 1. The summed E-state index contributed by atoms with van der Waals surface area (Å²) in [5.74, 6) is 1.17. The third-order valence-electron chi connectivity index (χ3n) is 4.74. The molecular formula is C23H21NO4S2. The van der Waals surface area contributed by atoms with E-state index in [2.05, 4.69) is 16.4 Å². The number of nitrogens with zero attached hydrogens (tertiary/aromatic N) is 1. The van der Waals surface area contributed by atoms with Crippen molar-refractivity contribution in [3.05, 3.63) is 82.4 Å². The van der Waals surface area contributed by atoms with E-state index in [1.54, 1.807) is 35.6 Å². The van der Waals surface area contributed by atoms with Crippen LogP contribution in [0.5, 0.6) is 0 Å². The number of hydrogen-bond acceptors (Lipinski definition) is 6. The number of hydrogen-bond donors (Lipinski definition) is 0. The smallest absolute Gasteiger partial charge is 0.296 e. The van der Waals surface area contributed by atoms with E-state index < -0.39 is 10.1 Å². The molecule has 0 bridgehead atoms. The van der Waals surface area contributed by atoms with Crippen molar-refractivity contribution in [2.45, 2.75) is 25.2 Å². The van der Waals surface area contributed by atoms with Gasteiger partial charge in [0.05, 0.1) is 17.2 Å². The molecule has 0 aliphatic heterocycles. The maximum absolute atomic E-state index is 12.3. The lowest BCUT2D eigenvalue weighted by atomic mass is 10.1. The van der Waals surface area contributed by atoms with Crippen molar-refractivity contribution < 1.29 is 17.0 Å². The second-order valence-electron chi connectivity index (χ2n) is 6.95. The van der Waals surface area contributed by atoms with Crippen LogP contribution in [0.2, 0.25) is 0 Å². The van der Waals surface area contributed by atoms with Crippen LogP contribution in [0, 0.1) is 13.8 Å². The largest absolute Gasteiger partial charge is 0.441 e. The number of aryl methyl sites for hydroxylation is 2. The van der Waals surface area contributed by atoms with Crippen LogP contribution in [0.25, 0.3) is 22.6 Å². The molecule has 0 N–H and O–H groups in total. The molecule has 2 heterocycles. The fraction of sp³-hybridized carbons (Fsp3) is 0.174. The first-order valence-corrected chi connectivity index (χ1v) is 11.8. The standard InChI is InChI=1S/C23H21NO4S2/c1-16-6-8-21(9-7-16)30(25,26)27-12-10-22-17(2)28-23(24-22)19-5-3-4-18(14-19)20-11-13-29-15-20/h3-9,11,13-15H,10,12H2,1-2H3. The molecule has 2 aromatic heterocycles. The fourth-order valence-corrected chi connectivity index (χ4v) is 4.64. The topological polar surface area (TPSA) is 69.4 Å². The van der Waals surface area contributed by atoms with E-state index in [0.29, 0.717) is 23.8 Å². The molecule has 2 aromatic carbocycles. The Morgan fingerprint density at radius 3 is 2.50 bits per heavy atom. The lowest BCUT2D eigenvalue weighted by Crippen LogP contribution is -2.09. The Morgan fingerprint density at radius 1 is 1.00 bits per heavy atom. The van der Waals surface area contributed by atoms with Gasteiger partial charge in [0.15, 0.2) is 0 Å². The highest BCUT2D eigenvalue weighted by molar-refractivity contribution is 7.86. The number of thiophene rings is 1. The van der Waals surface area contributed by atoms with Crippen LogP contribution in [0.15, 0.2) is 74.7 Å². The van der Waals surface area contributed by atoms with Crippen molar-refractivity contribution in [2.24, 2.45) is 0 Å². The van der Waals surface area contributed by atoms with Crippen LogP contribution in [0.3, 0.4) is 0 Å². The van der Waals surface area contributed by atoms with E-state index in [1.165, 1.54) is 0 Å². The van der Waals surface area contributed by atoms with Crippen molar-refractivity contribution in [3.8, 4) is 22.6 Å². The van der Waals surface area contributed by atoms with E-state index in [1.807, 2.05) is 43.5 Å². The molecule has 0 aliphatic carbocycles. The van der Waals surface area contributed by atoms with Gasteiger partial charge < -0.3 is 4.42 Å². The first kappa shape index (κ1) is 20.5. The number of benzene rings is 2. The lowest BCUT2D eigenvalue weighted by molar-refractivity contribution is 0.320. The van der Waals surface area contributed by atoms with Gasteiger partial charge in [-0.25, -0.2) is 4.98 Å². The fourth-order valence-electron chi connectivity index (χ4n) is 3.06. The van der Waals surface area contributed by atoms with Gasteiger partial charge in [-0.3, -0.25) is 4.18 Å². The van der Waals surface area contributed by atoms with E-state index in [4.69, 9.17) is 8.60 Å². The summed E-state index contributed by atoms with van der Waals surface area (Å²) in [6.45, 7) is 3.72. The highest BCUT2D eigenvalue weighted by atomic mass is 32.2. The summed E-state index contributed by atoms with van der Waals surface area (Å²) in [4.78, 5) is 4.72. The minimum Gasteiger partial charge on any atom is -0.441 e. The Bertz CT molecular complexity index is 1240. The van der Waals surface area contributed by atoms with Crippen molar-refractivity contribution in [2.75, 3.05) is 6.61 Å². The molecule has 4 rings (SSSR count). The maximum Gasteiger partial charge on any atom is 0.296 e. The molecule has 30 heavy (non-hydrogen) atoms. The van der Waals surface area contributed by atoms with Gasteiger partial charge in [0.1, 0.15) is 5.76 Å². The van der Waals surface area contributed by atoms with Crippen molar-refractivity contribution in [1.82, 2.24) is 4.98 Å². The molecule has 0 saturated heterocycles. The maximum atomic E-state index is 12.3. The summed E-state index contributed by atoms with van der Waals surface area (Å²) >= 11 is 1.65. The SMILES string of the molecule is Cc1ccc(S(=O)(=O)OCCc2nc(-c3cccc(-c4ccsc4)c3)oc2C)cc1. The average Bonchev–Trinajstić information content (AvgIpc) is 3.39. The van der Waals surface area contributed by atoms with Gasteiger partial charge in [-0.15, -0.1) is 0 Å². The van der Waals surface area contributed by atoms with Crippen LogP contribution >= 0.6 is 11.3 Å². The predicted octanol–water partition coefficient (Wildman–Crippen LogP) is 5.63. The Morgan fingerprint density at radius 2 is 1.77 bits per heavy atom. The summed E-state index contributed by atoms with van der Waals surface area (Å²) in [5.41, 5.74) is 4.80. The Balaban J connectivity index is 1.46. The monoisotopic (exact) mass is 439 g/mol. The highest BCUT2D eigenvalue weighted by Gasteiger charge is 2.17. The predicted molar refractivity (Wildman–Crippen MR) is 118 cm³/mol. The molecule has 0 aliphatic rings. The van der Waals surface area contributed by atoms with Crippen LogP contribution < -0.4 is 0 Å². The van der Waals surface area contributed by atoms with Gasteiger partial charge >= 0.3 is 0 Å². The normalized spacial score (nSPS) is 11.7. The van der Waals surface area contributed by atoms with Crippen LogP contribution in [0.4, 0.5) is 0 Å². The molecule has 0 fully saturated rings. The molecule has 0 saturated carbocycles. The minimum atomic E-state index is -3.79. The third-order valence-corrected chi connectivity index (χ3v) is 6.75. The zero-order valence-corrected chi connectivity index (χ0v) is 18.3. The Hall–Kier alpha value is -2.74. The first-order valence-electron chi connectivity index (χ1n) is 9.48. The lowest BCUT2D eigenvalue weighted by Gasteiger charge is -2.05. The van der Waals surface area contributed by atoms with Gasteiger partial charge in [0, 0.05) is 12.0 Å². The Labute approximate surface area is 180 Å². The second-order valence-corrected chi connectivity index (χ2v) is 9.35. The summed E-state index contributed by atoms with van der Waals surface area (Å²) in [7, 11) is -3.79. The van der Waals surface area contributed by atoms with E-state index >= 15 is 0 Å². The molecule has 5 nitrogen and oxygen atoms in total. The van der Waals surface area contributed by atoms with Gasteiger partial charge in [-0.1, -0.05) is 29.8 Å². The van der Waals surface area contributed by atoms with E-state index in [9.17, 15) is 8.42 Å². The quantitative estimate of drug-likeness (QED) is 0.349. The van der Waals surface area contributed by atoms with E-state index in [0.717, 1.165) is 22.3 Å². The zero-order chi connectivity index (χ0) is 21.1. The van der Waals surface area contributed by atoms with Gasteiger partial charge in [0.25, 0.3) is 10.1 Å². The average molecular weight is 440 g/mol. The molecule has 7 heteroatoms. The molecule has 0 spiro atoms. The molecule has 0 radical (unpaired) electrons. The molecule has 0 unspecified atom stereocenters. The van der Waals surface area contributed by atoms with E-state index in [-0.39, 0.29) is 11.5 Å². The summed E-state index contributed by atoms with van der Waals surface area (Å²) in [6.07, 6.45) is 0.338. The van der Waals surface area contributed by atoms with Crippen LogP contribution in [-0.4, -0.2) is 20.0 Å². The Kier molecular flexibility index (Phi) is 5.85. The summed E-state index contributed by atoms with van der Waals surface area (Å²) in [5, 5.41) is 4.14. The van der Waals surface area contributed by atoms with Gasteiger partial charge in [-0.05, 0) is 66.1 Å². The molecule has 4 aromatic rings. The molecule has 0 amide bonds. The van der Waals surface area contributed by atoms with Crippen LogP contribution in [-0.2, 0) is 20.7 Å². The summed E-state index contributed by atoms with van der Waals surface area (Å²) < 4.78 is 35.7. The molecular weight excluding hydrogens is 418 g/mol. The van der Waals surface area contributed by atoms with Crippen molar-refractivity contribution in [1.29, 1.82) is 0 Å². The highest BCUT2D eigenvalue weighted by Crippen LogP contribution is 2.28. The molecule has 0 atom stereocenters. The molecule has 154 valence electrons. The first-order chi connectivity index (χ1) is 14.4. The van der Waals surface area contributed by atoms with Crippen molar-refractivity contribution >= 4 is 21.5 Å². The third kappa shape index (κ3) is 4.53.